The van der Waals surface area contributed by atoms with Crippen molar-refractivity contribution in [2.45, 2.75) is 13.3 Å². The van der Waals surface area contributed by atoms with E-state index in [4.69, 9.17) is 0 Å². The summed E-state index contributed by atoms with van der Waals surface area (Å²) in [4.78, 5) is 20.3. The number of nitrogens with one attached hydrogen (secondary N) is 2. The van der Waals surface area contributed by atoms with Crippen LogP contribution in [0.15, 0.2) is 77.9 Å². The number of amides is 1. The summed E-state index contributed by atoms with van der Waals surface area (Å²) >= 11 is 0. The molecule has 0 unspecified atom stereocenters. The molecule has 0 atom stereocenters. The monoisotopic (exact) mass is 368 g/mol. The van der Waals surface area contributed by atoms with Crippen molar-refractivity contribution in [2.24, 2.45) is 5.10 Å². The van der Waals surface area contributed by atoms with Crippen LogP contribution in [-0.2, 0) is 6.42 Å². The summed E-state index contributed by atoms with van der Waals surface area (Å²) in [5.41, 5.74) is 8.05. The third-order valence-corrected chi connectivity index (χ3v) is 4.43. The van der Waals surface area contributed by atoms with Crippen LogP contribution in [-0.4, -0.2) is 22.1 Å². The number of aromatic amines is 1. The third-order valence-electron chi connectivity index (χ3n) is 4.43. The average molecular weight is 368 g/mol. The van der Waals surface area contributed by atoms with E-state index in [1.807, 2.05) is 55.5 Å². The van der Waals surface area contributed by atoms with Crippen LogP contribution in [0.25, 0.3) is 11.0 Å². The van der Waals surface area contributed by atoms with E-state index in [1.165, 1.54) is 5.56 Å². The molecule has 0 spiro atoms. The van der Waals surface area contributed by atoms with Gasteiger partial charge in [0.15, 0.2) is 0 Å². The Morgan fingerprint density at radius 3 is 2.75 bits per heavy atom. The minimum Gasteiger partial charge on any atom is -0.342 e. The molecule has 5 nitrogen and oxygen atoms in total. The summed E-state index contributed by atoms with van der Waals surface area (Å²) in [5.74, 6) is 0.612. The SMILES string of the molecule is Cc1cccc(/C=N\NC(=O)c2ccc3nc(Cc4ccccc4)[nH]c3c2)c1. The van der Waals surface area contributed by atoms with Gasteiger partial charge in [0, 0.05) is 12.0 Å². The number of fused-ring (bicyclic) bond motifs is 1. The predicted octanol–water partition coefficient (Wildman–Crippen LogP) is 4.23. The lowest BCUT2D eigenvalue weighted by Gasteiger charge is -2.00. The predicted molar refractivity (Wildman–Crippen MR) is 112 cm³/mol. The molecule has 0 aliphatic rings. The molecule has 1 amide bonds. The van der Waals surface area contributed by atoms with Crippen molar-refractivity contribution in [1.82, 2.24) is 15.4 Å². The van der Waals surface area contributed by atoms with Crippen LogP contribution in [0.5, 0.6) is 0 Å². The number of hydrogen-bond acceptors (Lipinski definition) is 3. The van der Waals surface area contributed by atoms with Crippen LogP contribution >= 0.6 is 0 Å². The van der Waals surface area contributed by atoms with E-state index in [9.17, 15) is 4.79 Å². The first-order chi connectivity index (χ1) is 13.7. The number of aromatic nitrogens is 2. The van der Waals surface area contributed by atoms with Gasteiger partial charge in [-0.1, -0.05) is 60.2 Å². The molecule has 5 heteroatoms. The second kappa shape index (κ2) is 7.88. The number of hydrogen-bond donors (Lipinski definition) is 2. The van der Waals surface area contributed by atoms with Crippen molar-refractivity contribution < 1.29 is 4.79 Å². The van der Waals surface area contributed by atoms with Gasteiger partial charge < -0.3 is 4.98 Å². The Bertz CT molecular complexity index is 1150. The van der Waals surface area contributed by atoms with Gasteiger partial charge in [-0.2, -0.15) is 5.10 Å². The summed E-state index contributed by atoms with van der Waals surface area (Å²) in [6.45, 7) is 2.02. The molecule has 2 N–H and O–H groups in total. The maximum atomic E-state index is 12.4. The molecule has 1 heterocycles. The molecule has 0 aliphatic heterocycles. The quantitative estimate of drug-likeness (QED) is 0.409. The fraction of sp³-hybridized carbons (Fsp3) is 0.0870. The molecule has 1 aromatic heterocycles. The molecule has 0 bridgehead atoms. The van der Waals surface area contributed by atoms with Gasteiger partial charge in [-0.25, -0.2) is 10.4 Å². The first-order valence-corrected chi connectivity index (χ1v) is 9.10. The highest BCUT2D eigenvalue weighted by molar-refractivity contribution is 5.97. The van der Waals surface area contributed by atoms with Gasteiger partial charge in [-0.05, 0) is 36.2 Å². The Morgan fingerprint density at radius 2 is 1.93 bits per heavy atom. The molecule has 0 saturated carbocycles. The first kappa shape index (κ1) is 17.7. The molecule has 4 rings (SSSR count). The highest BCUT2D eigenvalue weighted by Crippen LogP contribution is 2.16. The largest absolute Gasteiger partial charge is 0.342 e. The molecule has 0 aliphatic carbocycles. The van der Waals surface area contributed by atoms with Crippen molar-refractivity contribution in [3.8, 4) is 0 Å². The van der Waals surface area contributed by atoms with E-state index in [0.29, 0.717) is 5.56 Å². The summed E-state index contributed by atoms with van der Waals surface area (Å²) in [6, 6.07) is 23.5. The van der Waals surface area contributed by atoms with Crippen molar-refractivity contribution in [3.05, 3.63) is 101 Å². The lowest BCUT2D eigenvalue weighted by molar-refractivity contribution is 0.0955. The first-order valence-electron chi connectivity index (χ1n) is 9.10. The summed E-state index contributed by atoms with van der Waals surface area (Å²) in [6.07, 6.45) is 2.36. The van der Waals surface area contributed by atoms with Crippen LogP contribution in [0.4, 0.5) is 0 Å². The van der Waals surface area contributed by atoms with Crippen LogP contribution in [0, 0.1) is 6.92 Å². The summed E-state index contributed by atoms with van der Waals surface area (Å²) in [5, 5.41) is 4.05. The van der Waals surface area contributed by atoms with Crippen molar-refractivity contribution in [1.29, 1.82) is 0 Å². The number of hydrazone groups is 1. The van der Waals surface area contributed by atoms with Crippen LogP contribution in [0.2, 0.25) is 0 Å². The van der Waals surface area contributed by atoms with Crippen molar-refractivity contribution in [3.63, 3.8) is 0 Å². The summed E-state index contributed by atoms with van der Waals surface area (Å²) in [7, 11) is 0. The van der Waals surface area contributed by atoms with Crippen molar-refractivity contribution in [2.75, 3.05) is 0 Å². The van der Waals surface area contributed by atoms with Crippen LogP contribution in [0.1, 0.15) is 32.9 Å². The van der Waals surface area contributed by atoms with Gasteiger partial charge in [-0.15, -0.1) is 0 Å². The number of imidazole rings is 1. The van der Waals surface area contributed by atoms with Crippen molar-refractivity contribution >= 4 is 23.2 Å². The smallest absolute Gasteiger partial charge is 0.271 e. The minimum atomic E-state index is -0.259. The number of benzene rings is 3. The maximum Gasteiger partial charge on any atom is 0.271 e. The Labute approximate surface area is 163 Å². The van der Waals surface area contributed by atoms with Gasteiger partial charge in [0.05, 0.1) is 17.2 Å². The van der Waals surface area contributed by atoms with E-state index < -0.39 is 0 Å². The second-order valence-corrected chi connectivity index (χ2v) is 6.69. The third kappa shape index (κ3) is 4.15. The molecular formula is C23H20N4O. The van der Waals surface area contributed by atoms with Gasteiger partial charge in [0.2, 0.25) is 0 Å². The number of carbonyl (C=O) groups is 1. The topological polar surface area (TPSA) is 70.1 Å². The number of carbonyl (C=O) groups excluding carboxylic acids is 1. The molecular weight excluding hydrogens is 348 g/mol. The Kier molecular flexibility index (Phi) is 4.97. The van der Waals surface area contributed by atoms with Crippen LogP contribution < -0.4 is 5.43 Å². The van der Waals surface area contributed by atoms with Gasteiger partial charge >= 0.3 is 0 Å². The summed E-state index contributed by atoms with van der Waals surface area (Å²) < 4.78 is 0. The van der Waals surface area contributed by atoms with Gasteiger partial charge in [0.25, 0.3) is 5.91 Å². The van der Waals surface area contributed by atoms with Gasteiger partial charge in [0.1, 0.15) is 5.82 Å². The lowest BCUT2D eigenvalue weighted by Crippen LogP contribution is -2.17. The van der Waals surface area contributed by atoms with Gasteiger partial charge in [-0.3, -0.25) is 4.79 Å². The fourth-order valence-corrected chi connectivity index (χ4v) is 3.06. The molecule has 4 aromatic rings. The minimum absolute atomic E-state index is 0.259. The highest BCUT2D eigenvalue weighted by Gasteiger charge is 2.09. The Morgan fingerprint density at radius 1 is 1.07 bits per heavy atom. The zero-order chi connectivity index (χ0) is 19.3. The van der Waals surface area contributed by atoms with E-state index in [0.717, 1.165) is 34.4 Å². The van der Waals surface area contributed by atoms with E-state index >= 15 is 0 Å². The molecule has 0 radical (unpaired) electrons. The fourth-order valence-electron chi connectivity index (χ4n) is 3.06. The number of H-pyrrole nitrogens is 1. The molecule has 28 heavy (non-hydrogen) atoms. The standard InChI is InChI=1S/C23H20N4O/c1-16-6-5-9-18(12-16)15-24-27-23(28)19-10-11-20-21(14-19)26-22(25-20)13-17-7-3-2-4-8-17/h2-12,14-15H,13H2,1H3,(H,25,26)(H,27,28)/b24-15-. The second-order valence-electron chi connectivity index (χ2n) is 6.69. The zero-order valence-corrected chi connectivity index (χ0v) is 15.5. The molecule has 3 aromatic carbocycles. The van der Waals surface area contributed by atoms with E-state index in [-0.39, 0.29) is 5.91 Å². The highest BCUT2D eigenvalue weighted by atomic mass is 16.2. The number of aryl methyl sites for hydroxylation is 1. The number of rotatable bonds is 5. The Hall–Kier alpha value is -3.73. The van der Waals surface area contributed by atoms with E-state index in [2.05, 4.69) is 32.6 Å². The maximum absolute atomic E-state index is 12.4. The lowest BCUT2D eigenvalue weighted by atomic mass is 10.1. The molecule has 138 valence electrons. The molecule has 0 saturated heterocycles. The van der Waals surface area contributed by atoms with E-state index in [1.54, 1.807) is 18.3 Å². The number of nitrogens with zero attached hydrogens (tertiary/aromatic N) is 2. The normalized spacial score (nSPS) is 11.2. The van der Waals surface area contributed by atoms with Crippen LogP contribution in [0.3, 0.4) is 0 Å². The zero-order valence-electron chi connectivity index (χ0n) is 15.5. The Balaban J connectivity index is 1.47. The molecule has 0 fully saturated rings. The average Bonchev–Trinajstić information content (AvgIpc) is 3.10.